The Balaban J connectivity index is 2.39. The van der Waals surface area contributed by atoms with E-state index in [1.807, 2.05) is 0 Å². The summed E-state index contributed by atoms with van der Waals surface area (Å²) in [5.74, 6) is -2.68. The summed E-state index contributed by atoms with van der Waals surface area (Å²) in [7, 11) is 0. The Morgan fingerprint density at radius 3 is 2.50 bits per heavy atom. The summed E-state index contributed by atoms with van der Waals surface area (Å²) < 4.78 is 4.91. The number of ketones is 1. The molecule has 1 aromatic carbocycles. The largest absolute Gasteiger partial charge is 0.383 e. The second-order valence-electron chi connectivity index (χ2n) is 3.20. The van der Waals surface area contributed by atoms with Crippen molar-refractivity contribution in [3.05, 3.63) is 35.9 Å². The maximum absolute atomic E-state index is 11.4. The van der Waals surface area contributed by atoms with Crippen LogP contribution in [0.25, 0.3) is 0 Å². The van der Waals surface area contributed by atoms with Crippen molar-refractivity contribution in [1.29, 1.82) is 0 Å². The van der Waals surface area contributed by atoms with Gasteiger partial charge in [-0.15, -0.1) is 0 Å². The molecule has 0 spiro atoms. The van der Waals surface area contributed by atoms with Gasteiger partial charge in [-0.05, 0) is 0 Å². The van der Waals surface area contributed by atoms with Gasteiger partial charge in [0.15, 0.2) is 0 Å². The number of ether oxygens (including phenoxy) is 1. The molecule has 1 aliphatic heterocycles. The van der Waals surface area contributed by atoms with E-state index in [2.05, 4.69) is 0 Å². The van der Waals surface area contributed by atoms with E-state index in [-0.39, 0.29) is 6.61 Å². The molecule has 2 N–H and O–H groups in total. The van der Waals surface area contributed by atoms with E-state index in [0.717, 1.165) is 0 Å². The number of hydrogen-bond donors (Lipinski definition) is 2. The molecule has 1 aliphatic rings. The predicted molar refractivity (Wildman–Crippen MR) is 47.3 cm³/mol. The zero-order valence-electron chi connectivity index (χ0n) is 7.38. The maximum atomic E-state index is 11.4. The average molecular weight is 194 g/mol. The van der Waals surface area contributed by atoms with Crippen molar-refractivity contribution in [1.82, 2.24) is 0 Å². The maximum Gasteiger partial charge on any atom is 0.256 e. The van der Waals surface area contributed by atoms with E-state index in [1.165, 1.54) is 0 Å². The van der Waals surface area contributed by atoms with Crippen molar-refractivity contribution in [3.63, 3.8) is 0 Å². The summed E-state index contributed by atoms with van der Waals surface area (Å²) in [6.07, 6.45) is -1.24. The third-order valence-corrected chi connectivity index (χ3v) is 2.25. The minimum absolute atomic E-state index is 0.162. The van der Waals surface area contributed by atoms with Gasteiger partial charge < -0.3 is 14.9 Å². The highest BCUT2D eigenvalue weighted by atomic mass is 16.6. The lowest BCUT2D eigenvalue weighted by Crippen LogP contribution is -2.35. The zero-order valence-corrected chi connectivity index (χ0v) is 7.38. The van der Waals surface area contributed by atoms with Crippen LogP contribution in [0.3, 0.4) is 0 Å². The van der Waals surface area contributed by atoms with Crippen LogP contribution in [0.4, 0.5) is 0 Å². The number of aliphatic hydroxyl groups excluding tert-OH is 1. The molecule has 0 aromatic heterocycles. The van der Waals surface area contributed by atoms with Gasteiger partial charge in [-0.25, -0.2) is 0 Å². The normalized spacial score (nSPS) is 32.1. The molecule has 2 atom stereocenters. The van der Waals surface area contributed by atoms with E-state index in [0.29, 0.717) is 5.56 Å². The molecule has 74 valence electrons. The fraction of sp³-hybridized carbons (Fsp3) is 0.300. The van der Waals surface area contributed by atoms with Gasteiger partial charge in [0.05, 0.1) is 6.61 Å². The molecule has 0 bridgehead atoms. The Labute approximate surface area is 80.7 Å². The Morgan fingerprint density at radius 2 is 2.00 bits per heavy atom. The molecule has 1 heterocycles. The molecule has 14 heavy (non-hydrogen) atoms. The first-order valence-electron chi connectivity index (χ1n) is 4.29. The number of rotatable bonds is 1. The standard InChI is InChI=1S/C10H10O4/c11-8-6-14-10(13,9(8)12)7-4-2-1-3-5-7/h1-5,8,11,13H,6H2. The SMILES string of the molecule is O=C1C(O)COC1(O)c1ccccc1. The van der Waals surface area contributed by atoms with Crippen LogP contribution in [0.2, 0.25) is 0 Å². The first kappa shape index (κ1) is 9.33. The van der Waals surface area contributed by atoms with Crippen LogP contribution in [-0.2, 0) is 15.3 Å². The highest BCUT2D eigenvalue weighted by Gasteiger charge is 2.48. The minimum Gasteiger partial charge on any atom is -0.383 e. The number of carbonyl (C=O) groups is 1. The Bertz CT molecular complexity index is 348. The molecule has 1 saturated heterocycles. The van der Waals surface area contributed by atoms with Crippen molar-refractivity contribution < 1.29 is 19.7 Å². The van der Waals surface area contributed by atoms with Crippen molar-refractivity contribution in [2.24, 2.45) is 0 Å². The molecule has 0 radical (unpaired) electrons. The second kappa shape index (κ2) is 3.16. The molecule has 4 nitrogen and oxygen atoms in total. The summed E-state index contributed by atoms with van der Waals surface area (Å²) in [5.41, 5.74) is 0.349. The fourth-order valence-electron chi connectivity index (χ4n) is 1.46. The molecule has 2 unspecified atom stereocenters. The Morgan fingerprint density at radius 1 is 1.36 bits per heavy atom. The van der Waals surface area contributed by atoms with Crippen LogP contribution in [0.15, 0.2) is 30.3 Å². The van der Waals surface area contributed by atoms with E-state index < -0.39 is 17.7 Å². The van der Waals surface area contributed by atoms with Crippen LogP contribution >= 0.6 is 0 Å². The zero-order chi connectivity index (χ0) is 10.2. The number of Topliss-reactive ketones (excluding diaryl/α,β-unsaturated/α-hetero) is 1. The third-order valence-electron chi connectivity index (χ3n) is 2.25. The highest BCUT2D eigenvalue weighted by Crippen LogP contribution is 2.30. The van der Waals surface area contributed by atoms with E-state index >= 15 is 0 Å². The lowest BCUT2D eigenvalue weighted by atomic mass is 10.0. The van der Waals surface area contributed by atoms with Gasteiger partial charge in [0.25, 0.3) is 5.79 Å². The first-order valence-corrected chi connectivity index (χ1v) is 4.29. The molecule has 4 heteroatoms. The predicted octanol–water partition coefficient (Wildman–Crippen LogP) is -0.208. The molecule has 1 aromatic rings. The summed E-state index contributed by atoms with van der Waals surface area (Å²) in [6.45, 7) is -0.162. The topological polar surface area (TPSA) is 66.8 Å². The van der Waals surface area contributed by atoms with Crippen LogP contribution in [0.5, 0.6) is 0 Å². The third kappa shape index (κ3) is 1.24. The molecule has 1 fully saturated rings. The van der Waals surface area contributed by atoms with E-state index in [1.54, 1.807) is 30.3 Å². The summed E-state index contributed by atoms with van der Waals surface area (Å²) in [5, 5.41) is 19.0. The van der Waals surface area contributed by atoms with Crippen LogP contribution < -0.4 is 0 Å². The van der Waals surface area contributed by atoms with Gasteiger partial charge in [-0.3, -0.25) is 4.79 Å². The Kier molecular flexibility index (Phi) is 2.11. The van der Waals surface area contributed by atoms with Gasteiger partial charge in [-0.2, -0.15) is 0 Å². The summed E-state index contributed by atoms with van der Waals surface area (Å²) in [4.78, 5) is 11.4. The van der Waals surface area contributed by atoms with Crippen molar-refractivity contribution in [3.8, 4) is 0 Å². The van der Waals surface area contributed by atoms with E-state index in [4.69, 9.17) is 9.84 Å². The van der Waals surface area contributed by atoms with Crippen molar-refractivity contribution in [2.75, 3.05) is 6.61 Å². The molecule has 0 amide bonds. The van der Waals surface area contributed by atoms with Crippen molar-refractivity contribution in [2.45, 2.75) is 11.9 Å². The molecular weight excluding hydrogens is 184 g/mol. The summed E-state index contributed by atoms with van der Waals surface area (Å²) >= 11 is 0. The van der Waals surface area contributed by atoms with Gasteiger partial charge in [-0.1, -0.05) is 30.3 Å². The number of aliphatic hydroxyl groups is 2. The van der Waals surface area contributed by atoms with Gasteiger partial charge >= 0.3 is 0 Å². The fourth-order valence-corrected chi connectivity index (χ4v) is 1.46. The molecule has 0 saturated carbocycles. The monoisotopic (exact) mass is 194 g/mol. The quantitative estimate of drug-likeness (QED) is 0.649. The van der Waals surface area contributed by atoms with E-state index in [9.17, 15) is 9.90 Å². The molecule has 0 aliphatic carbocycles. The lowest BCUT2D eigenvalue weighted by molar-refractivity contribution is -0.187. The van der Waals surface area contributed by atoms with Crippen LogP contribution in [0, 0.1) is 0 Å². The molecule has 2 rings (SSSR count). The Hall–Kier alpha value is -1.23. The van der Waals surface area contributed by atoms with Crippen molar-refractivity contribution >= 4 is 5.78 Å². The lowest BCUT2D eigenvalue weighted by Gasteiger charge is -2.19. The van der Waals surface area contributed by atoms with Gasteiger partial charge in [0.1, 0.15) is 6.10 Å². The number of hydrogen-bond acceptors (Lipinski definition) is 4. The molecular formula is C10H10O4. The highest BCUT2D eigenvalue weighted by molar-refractivity contribution is 5.92. The first-order chi connectivity index (χ1) is 6.64. The average Bonchev–Trinajstić information content (AvgIpc) is 2.49. The minimum atomic E-state index is -1.97. The van der Waals surface area contributed by atoms with Crippen LogP contribution in [-0.4, -0.2) is 28.7 Å². The number of carbonyl (C=O) groups excluding carboxylic acids is 1. The van der Waals surface area contributed by atoms with Crippen LogP contribution in [0.1, 0.15) is 5.56 Å². The summed E-state index contributed by atoms with van der Waals surface area (Å²) in [6, 6.07) is 8.30. The van der Waals surface area contributed by atoms with Gasteiger partial charge in [0, 0.05) is 5.56 Å². The number of benzene rings is 1. The second-order valence-corrected chi connectivity index (χ2v) is 3.20. The smallest absolute Gasteiger partial charge is 0.256 e. The van der Waals surface area contributed by atoms with Gasteiger partial charge in [0.2, 0.25) is 5.78 Å².